The minimum absolute atomic E-state index is 0.238. The summed E-state index contributed by atoms with van der Waals surface area (Å²) in [6.45, 7) is 5.99. The van der Waals surface area contributed by atoms with Crippen LogP contribution in [0.25, 0.3) is 10.9 Å². The lowest BCUT2D eigenvalue weighted by Gasteiger charge is -2.18. The zero-order valence-corrected chi connectivity index (χ0v) is 15.8. The van der Waals surface area contributed by atoms with Crippen LogP contribution in [0, 0.1) is 0 Å². The Morgan fingerprint density at radius 3 is 2.50 bits per heavy atom. The molecule has 2 aromatic heterocycles. The number of alkyl halides is 3. The number of methoxy groups -OCH3 is 1. The summed E-state index contributed by atoms with van der Waals surface area (Å²) in [5.41, 5.74) is -0.733. The van der Waals surface area contributed by atoms with Crippen molar-refractivity contribution in [3.63, 3.8) is 0 Å². The van der Waals surface area contributed by atoms with Crippen LogP contribution in [0.3, 0.4) is 0 Å². The molecule has 2 heterocycles. The molecule has 3 aromatic rings. The fourth-order valence-corrected chi connectivity index (χ4v) is 2.57. The van der Waals surface area contributed by atoms with Gasteiger partial charge in [0.25, 0.3) is 5.91 Å². The van der Waals surface area contributed by atoms with E-state index in [1.807, 2.05) is 27.0 Å². The summed E-state index contributed by atoms with van der Waals surface area (Å²) in [5.74, 6) is -0.432. The number of pyridine rings is 1. The summed E-state index contributed by atoms with van der Waals surface area (Å²) in [6, 6.07) is 6.48. The summed E-state index contributed by atoms with van der Waals surface area (Å²) in [4.78, 5) is 15.8. The Hall–Kier alpha value is -3.10. The van der Waals surface area contributed by atoms with Gasteiger partial charge in [-0.3, -0.25) is 9.48 Å². The molecular weight excluding hydrogens is 373 g/mol. The quantitative estimate of drug-likeness (QED) is 0.714. The van der Waals surface area contributed by atoms with Crippen molar-refractivity contribution in [2.75, 3.05) is 12.4 Å². The number of hydrogen-bond acceptors (Lipinski definition) is 4. The van der Waals surface area contributed by atoms with Crippen molar-refractivity contribution in [2.24, 2.45) is 0 Å². The van der Waals surface area contributed by atoms with E-state index < -0.39 is 17.8 Å². The van der Waals surface area contributed by atoms with E-state index in [1.54, 1.807) is 16.8 Å². The number of benzene rings is 1. The third kappa shape index (κ3) is 3.92. The number of hydrogen-bond donors (Lipinski definition) is 1. The normalized spacial score (nSPS) is 12.2. The Bertz CT molecular complexity index is 1040. The molecule has 0 saturated heterocycles. The van der Waals surface area contributed by atoms with Crippen molar-refractivity contribution in [1.29, 1.82) is 0 Å². The molecule has 1 aromatic carbocycles. The van der Waals surface area contributed by atoms with Crippen LogP contribution in [-0.2, 0) is 11.7 Å². The molecule has 1 N–H and O–H groups in total. The molecule has 3 rings (SSSR count). The smallest absolute Gasteiger partial charge is 0.433 e. The second kappa shape index (κ2) is 6.81. The third-order valence-corrected chi connectivity index (χ3v) is 4.03. The maximum absolute atomic E-state index is 12.8. The van der Waals surface area contributed by atoms with E-state index in [1.165, 1.54) is 13.2 Å². The lowest BCUT2D eigenvalue weighted by Crippen LogP contribution is -2.21. The largest absolute Gasteiger partial charge is 0.494 e. The summed E-state index contributed by atoms with van der Waals surface area (Å²) in [6.07, 6.45) is -2.80. The number of ether oxygens (including phenoxy) is 1. The lowest BCUT2D eigenvalue weighted by atomic mass is 10.1. The fourth-order valence-electron chi connectivity index (χ4n) is 2.57. The van der Waals surface area contributed by atoms with Crippen LogP contribution in [-0.4, -0.2) is 27.8 Å². The predicted octanol–water partition coefficient (Wildman–Crippen LogP) is 4.47. The van der Waals surface area contributed by atoms with Crippen LogP contribution >= 0.6 is 0 Å². The number of carbonyl (C=O) groups excluding carboxylic acids is 1. The number of halogens is 3. The molecule has 0 saturated carbocycles. The topological polar surface area (TPSA) is 69.0 Å². The van der Waals surface area contributed by atoms with Gasteiger partial charge in [-0.1, -0.05) is 6.07 Å². The standard InChI is InChI=1S/C19H19F3N4O2/c1-18(2,3)26-10-11-8-14(15(28-4)9-13(11)25-26)24-17(27)12-6-5-7-16(23-12)19(20,21)22/h5-10H,1-4H3,(H,24,27). The minimum Gasteiger partial charge on any atom is -0.494 e. The Kier molecular flexibility index (Phi) is 4.78. The number of amides is 1. The van der Waals surface area contributed by atoms with E-state index in [0.717, 1.165) is 17.5 Å². The molecule has 148 valence electrons. The molecule has 0 fully saturated rings. The van der Waals surface area contributed by atoms with Crippen molar-refractivity contribution in [3.05, 3.63) is 47.9 Å². The van der Waals surface area contributed by atoms with Gasteiger partial charge in [0.2, 0.25) is 0 Å². The average molecular weight is 392 g/mol. The number of nitrogens with zero attached hydrogens (tertiary/aromatic N) is 3. The highest BCUT2D eigenvalue weighted by atomic mass is 19.4. The molecule has 0 spiro atoms. The molecule has 0 unspecified atom stereocenters. The van der Waals surface area contributed by atoms with E-state index in [-0.39, 0.29) is 11.2 Å². The van der Waals surface area contributed by atoms with Crippen LogP contribution in [0.15, 0.2) is 36.5 Å². The summed E-state index contributed by atoms with van der Waals surface area (Å²) < 4.78 is 45.6. The van der Waals surface area contributed by atoms with Crippen molar-refractivity contribution in [3.8, 4) is 5.75 Å². The SMILES string of the molecule is COc1cc2nn(C(C)(C)C)cc2cc1NC(=O)c1cccc(C(F)(F)F)n1. The van der Waals surface area contributed by atoms with Crippen LogP contribution < -0.4 is 10.1 Å². The first-order valence-electron chi connectivity index (χ1n) is 8.42. The molecule has 0 atom stereocenters. The van der Waals surface area contributed by atoms with Gasteiger partial charge in [0.1, 0.15) is 17.1 Å². The second-order valence-corrected chi connectivity index (χ2v) is 7.22. The first-order chi connectivity index (χ1) is 13.0. The second-order valence-electron chi connectivity index (χ2n) is 7.22. The van der Waals surface area contributed by atoms with Gasteiger partial charge in [0.05, 0.1) is 23.9 Å². The van der Waals surface area contributed by atoms with E-state index in [9.17, 15) is 18.0 Å². The Labute approximate surface area is 159 Å². The van der Waals surface area contributed by atoms with Gasteiger partial charge in [-0.2, -0.15) is 18.3 Å². The van der Waals surface area contributed by atoms with Gasteiger partial charge < -0.3 is 10.1 Å². The minimum atomic E-state index is -4.63. The molecular formula is C19H19F3N4O2. The Morgan fingerprint density at radius 2 is 1.89 bits per heavy atom. The molecule has 9 heteroatoms. The fraction of sp³-hybridized carbons (Fsp3) is 0.316. The molecule has 0 bridgehead atoms. The van der Waals surface area contributed by atoms with Crippen LogP contribution in [0.5, 0.6) is 5.75 Å². The molecule has 0 aliphatic rings. The lowest BCUT2D eigenvalue weighted by molar-refractivity contribution is -0.141. The molecule has 0 radical (unpaired) electrons. The first-order valence-corrected chi connectivity index (χ1v) is 8.42. The van der Waals surface area contributed by atoms with Gasteiger partial charge in [-0.25, -0.2) is 4.98 Å². The van der Waals surface area contributed by atoms with Crippen LogP contribution in [0.2, 0.25) is 0 Å². The van der Waals surface area contributed by atoms with Gasteiger partial charge in [-0.15, -0.1) is 0 Å². The van der Waals surface area contributed by atoms with E-state index in [2.05, 4.69) is 15.4 Å². The molecule has 0 aliphatic heterocycles. The van der Waals surface area contributed by atoms with Gasteiger partial charge in [0, 0.05) is 17.6 Å². The van der Waals surface area contributed by atoms with Crippen molar-refractivity contribution in [2.45, 2.75) is 32.5 Å². The highest BCUT2D eigenvalue weighted by molar-refractivity contribution is 6.05. The van der Waals surface area contributed by atoms with Gasteiger partial charge >= 0.3 is 6.18 Å². The Morgan fingerprint density at radius 1 is 1.18 bits per heavy atom. The van der Waals surface area contributed by atoms with E-state index >= 15 is 0 Å². The zero-order valence-electron chi connectivity index (χ0n) is 15.8. The van der Waals surface area contributed by atoms with Crippen LogP contribution in [0.4, 0.5) is 18.9 Å². The van der Waals surface area contributed by atoms with E-state index in [0.29, 0.717) is 17.0 Å². The summed E-state index contributed by atoms with van der Waals surface area (Å²) in [5, 5.41) is 7.81. The Balaban J connectivity index is 1.96. The molecule has 1 amide bonds. The highest BCUT2D eigenvalue weighted by Gasteiger charge is 2.33. The van der Waals surface area contributed by atoms with Crippen molar-refractivity contribution < 1.29 is 22.7 Å². The van der Waals surface area contributed by atoms with Crippen molar-refractivity contribution in [1.82, 2.24) is 14.8 Å². The number of anilines is 1. The average Bonchev–Trinajstić information content (AvgIpc) is 3.03. The number of carbonyl (C=O) groups is 1. The van der Waals surface area contributed by atoms with Gasteiger partial charge in [-0.05, 0) is 39.0 Å². The zero-order chi connectivity index (χ0) is 20.7. The predicted molar refractivity (Wildman–Crippen MR) is 98.5 cm³/mol. The molecule has 28 heavy (non-hydrogen) atoms. The van der Waals surface area contributed by atoms with E-state index in [4.69, 9.17) is 4.74 Å². The number of fused-ring (bicyclic) bond motifs is 1. The summed E-state index contributed by atoms with van der Waals surface area (Å²) in [7, 11) is 1.43. The van der Waals surface area contributed by atoms with Gasteiger partial charge in [0.15, 0.2) is 0 Å². The van der Waals surface area contributed by atoms with Crippen molar-refractivity contribution >= 4 is 22.5 Å². The maximum atomic E-state index is 12.8. The monoisotopic (exact) mass is 392 g/mol. The number of rotatable bonds is 3. The molecule has 0 aliphatic carbocycles. The third-order valence-electron chi connectivity index (χ3n) is 4.03. The summed E-state index contributed by atoms with van der Waals surface area (Å²) >= 11 is 0. The first kappa shape index (κ1) is 19.7. The number of nitrogens with one attached hydrogen (secondary N) is 1. The highest BCUT2D eigenvalue weighted by Crippen LogP contribution is 2.32. The maximum Gasteiger partial charge on any atom is 0.433 e. The molecule has 6 nitrogen and oxygen atoms in total. The van der Waals surface area contributed by atoms with Crippen LogP contribution in [0.1, 0.15) is 37.0 Å². The number of aromatic nitrogens is 3.